The molecule has 136 valence electrons. The zero-order chi connectivity index (χ0) is 18.0. The zero-order valence-electron chi connectivity index (χ0n) is 15.6. The molecule has 1 aromatic heterocycles. The van der Waals surface area contributed by atoms with Gasteiger partial charge in [0, 0.05) is 11.6 Å². The average molecular weight is 343 g/mol. The molecule has 25 heavy (non-hydrogen) atoms. The second kappa shape index (κ2) is 9.97. The minimum absolute atomic E-state index is 0.109. The van der Waals surface area contributed by atoms with E-state index in [2.05, 4.69) is 36.2 Å². The third kappa shape index (κ3) is 5.69. The van der Waals surface area contributed by atoms with Gasteiger partial charge in [-0.2, -0.15) is 0 Å². The standard InChI is InChI=1S/C20H29N3O2/c1-4-7-10-14-20(5-2,6-3)25-18-12-9-8-11-17(18)16-24-19-13-15-21-23-22-19/h8-9,11-13,15H,4-7,10,14,16H2,1-3H3. The van der Waals surface area contributed by atoms with Crippen LogP contribution in [0.2, 0.25) is 0 Å². The fourth-order valence-corrected chi connectivity index (χ4v) is 2.91. The number of aromatic nitrogens is 3. The normalized spacial score (nSPS) is 11.3. The minimum atomic E-state index is -0.109. The number of benzene rings is 1. The Labute approximate surface area is 150 Å². The van der Waals surface area contributed by atoms with E-state index in [-0.39, 0.29) is 5.60 Å². The van der Waals surface area contributed by atoms with Crippen molar-refractivity contribution in [1.29, 1.82) is 0 Å². The maximum Gasteiger partial charge on any atom is 0.237 e. The van der Waals surface area contributed by atoms with E-state index in [0.717, 1.165) is 30.6 Å². The highest BCUT2D eigenvalue weighted by atomic mass is 16.5. The van der Waals surface area contributed by atoms with Crippen molar-refractivity contribution >= 4 is 0 Å². The molecule has 0 bridgehead atoms. The first-order valence-electron chi connectivity index (χ1n) is 9.27. The highest BCUT2D eigenvalue weighted by molar-refractivity contribution is 5.33. The molecule has 0 unspecified atom stereocenters. The Hall–Kier alpha value is -2.17. The van der Waals surface area contributed by atoms with Crippen LogP contribution < -0.4 is 9.47 Å². The molecule has 0 saturated carbocycles. The molecule has 0 fully saturated rings. The Balaban J connectivity index is 2.09. The second-order valence-corrected chi connectivity index (χ2v) is 6.30. The Morgan fingerprint density at radius 3 is 2.48 bits per heavy atom. The first-order valence-corrected chi connectivity index (χ1v) is 9.27. The Morgan fingerprint density at radius 2 is 1.80 bits per heavy atom. The smallest absolute Gasteiger partial charge is 0.237 e. The predicted molar refractivity (Wildman–Crippen MR) is 98.7 cm³/mol. The van der Waals surface area contributed by atoms with Crippen LogP contribution in [0.15, 0.2) is 36.5 Å². The summed E-state index contributed by atoms with van der Waals surface area (Å²) in [6, 6.07) is 9.76. The van der Waals surface area contributed by atoms with Crippen molar-refractivity contribution in [3.8, 4) is 11.6 Å². The summed E-state index contributed by atoms with van der Waals surface area (Å²) in [6.45, 7) is 7.05. The predicted octanol–water partition coefficient (Wildman–Crippen LogP) is 4.97. The van der Waals surface area contributed by atoms with E-state index in [1.165, 1.54) is 19.3 Å². The topological polar surface area (TPSA) is 57.1 Å². The molecular formula is C20H29N3O2. The lowest BCUT2D eigenvalue weighted by atomic mass is 9.90. The zero-order valence-corrected chi connectivity index (χ0v) is 15.6. The molecule has 0 amide bonds. The van der Waals surface area contributed by atoms with E-state index < -0.39 is 0 Å². The van der Waals surface area contributed by atoms with Gasteiger partial charge in [-0.25, -0.2) is 0 Å². The third-order valence-corrected chi connectivity index (χ3v) is 4.68. The average Bonchev–Trinajstić information content (AvgIpc) is 2.67. The first kappa shape index (κ1) is 19.2. The van der Waals surface area contributed by atoms with Crippen molar-refractivity contribution in [1.82, 2.24) is 15.4 Å². The highest BCUT2D eigenvalue weighted by Crippen LogP contribution is 2.32. The maximum atomic E-state index is 6.54. The quantitative estimate of drug-likeness (QED) is 0.539. The van der Waals surface area contributed by atoms with Crippen LogP contribution in [0.3, 0.4) is 0 Å². The number of hydrogen-bond donors (Lipinski definition) is 0. The van der Waals surface area contributed by atoms with Crippen LogP contribution in [0.4, 0.5) is 0 Å². The van der Waals surface area contributed by atoms with Crippen molar-refractivity contribution in [3.63, 3.8) is 0 Å². The lowest BCUT2D eigenvalue weighted by Crippen LogP contribution is -2.35. The molecule has 5 heteroatoms. The fourth-order valence-electron chi connectivity index (χ4n) is 2.91. The molecule has 0 atom stereocenters. The van der Waals surface area contributed by atoms with Gasteiger partial charge < -0.3 is 9.47 Å². The van der Waals surface area contributed by atoms with Crippen LogP contribution in [0, 0.1) is 0 Å². The molecule has 0 aliphatic rings. The molecule has 0 aliphatic carbocycles. The van der Waals surface area contributed by atoms with Gasteiger partial charge in [-0.1, -0.05) is 56.9 Å². The molecule has 0 aliphatic heterocycles. The van der Waals surface area contributed by atoms with E-state index in [4.69, 9.17) is 9.47 Å². The molecule has 2 aromatic rings. The van der Waals surface area contributed by atoms with Gasteiger partial charge in [0.05, 0.1) is 6.20 Å². The fraction of sp³-hybridized carbons (Fsp3) is 0.550. The number of unbranched alkanes of at least 4 members (excludes halogenated alkanes) is 2. The summed E-state index contributed by atoms with van der Waals surface area (Å²) in [6.07, 6.45) is 8.31. The number of para-hydroxylation sites is 1. The number of rotatable bonds is 11. The summed E-state index contributed by atoms with van der Waals surface area (Å²) in [7, 11) is 0. The molecule has 1 aromatic carbocycles. The number of ether oxygens (including phenoxy) is 2. The SMILES string of the molecule is CCCCCC(CC)(CC)Oc1ccccc1COc1ccnnn1. The summed E-state index contributed by atoms with van der Waals surface area (Å²) in [5.74, 6) is 1.36. The lowest BCUT2D eigenvalue weighted by molar-refractivity contribution is 0.0463. The molecular weight excluding hydrogens is 314 g/mol. The third-order valence-electron chi connectivity index (χ3n) is 4.68. The van der Waals surface area contributed by atoms with Gasteiger partial charge in [0.25, 0.3) is 0 Å². The molecule has 2 rings (SSSR count). The van der Waals surface area contributed by atoms with E-state index in [0.29, 0.717) is 12.5 Å². The van der Waals surface area contributed by atoms with Crippen LogP contribution in [-0.4, -0.2) is 21.0 Å². The second-order valence-electron chi connectivity index (χ2n) is 6.30. The van der Waals surface area contributed by atoms with Crippen LogP contribution in [-0.2, 0) is 6.61 Å². The van der Waals surface area contributed by atoms with Crippen LogP contribution in [0.5, 0.6) is 11.6 Å². The highest BCUT2D eigenvalue weighted by Gasteiger charge is 2.28. The van der Waals surface area contributed by atoms with Gasteiger partial charge in [0.2, 0.25) is 5.88 Å². The van der Waals surface area contributed by atoms with Crippen molar-refractivity contribution in [2.45, 2.75) is 71.5 Å². The molecule has 1 heterocycles. The minimum Gasteiger partial charge on any atom is -0.487 e. The van der Waals surface area contributed by atoms with Crippen LogP contribution >= 0.6 is 0 Å². The van der Waals surface area contributed by atoms with E-state index >= 15 is 0 Å². The molecule has 5 nitrogen and oxygen atoms in total. The first-order chi connectivity index (χ1) is 12.2. The molecule has 0 saturated heterocycles. The summed E-state index contributed by atoms with van der Waals surface area (Å²) in [5.41, 5.74) is 0.907. The van der Waals surface area contributed by atoms with Crippen molar-refractivity contribution in [3.05, 3.63) is 42.1 Å². The monoisotopic (exact) mass is 343 g/mol. The summed E-state index contributed by atoms with van der Waals surface area (Å²) in [4.78, 5) is 0. The van der Waals surface area contributed by atoms with Gasteiger partial charge in [-0.3, -0.25) is 0 Å². The van der Waals surface area contributed by atoms with Gasteiger partial charge >= 0.3 is 0 Å². The van der Waals surface area contributed by atoms with Crippen LogP contribution in [0.1, 0.15) is 64.9 Å². The van der Waals surface area contributed by atoms with E-state index in [1.54, 1.807) is 12.3 Å². The summed E-state index contributed by atoms with van der Waals surface area (Å²) in [5, 5.41) is 11.1. The van der Waals surface area contributed by atoms with Crippen molar-refractivity contribution in [2.24, 2.45) is 0 Å². The Bertz CT molecular complexity index is 615. The van der Waals surface area contributed by atoms with Gasteiger partial charge in [0.1, 0.15) is 18.0 Å². The van der Waals surface area contributed by atoms with Gasteiger partial charge in [-0.05, 0) is 37.0 Å². The number of hydrogen-bond acceptors (Lipinski definition) is 5. The van der Waals surface area contributed by atoms with E-state index in [9.17, 15) is 0 Å². The lowest BCUT2D eigenvalue weighted by Gasteiger charge is -2.34. The Kier molecular flexibility index (Phi) is 7.64. The molecule has 0 spiro atoms. The maximum absolute atomic E-state index is 6.54. The van der Waals surface area contributed by atoms with Gasteiger partial charge in [-0.15, -0.1) is 5.10 Å². The Morgan fingerprint density at radius 1 is 1.00 bits per heavy atom. The van der Waals surface area contributed by atoms with E-state index in [1.807, 2.05) is 24.3 Å². The number of nitrogens with zero attached hydrogens (tertiary/aromatic N) is 3. The summed E-state index contributed by atoms with van der Waals surface area (Å²) >= 11 is 0. The largest absolute Gasteiger partial charge is 0.487 e. The molecule has 0 radical (unpaired) electrons. The molecule has 0 N–H and O–H groups in total. The van der Waals surface area contributed by atoms with Crippen molar-refractivity contribution < 1.29 is 9.47 Å². The van der Waals surface area contributed by atoms with Gasteiger partial charge in [0.15, 0.2) is 0 Å². The van der Waals surface area contributed by atoms with Crippen molar-refractivity contribution in [2.75, 3.05) is 0 Å². The summed E-state index contributed by atoms with van der Waals surface area (Å²) < 4.78 is 12.3. The van der Waals surface area contributed by atoms with Crippen LogP contribution in [0.25, 0.3) is 0 Å².